The quantitative estimate of drug-likeness (QED) is 0.910. The van der Waals surface area contributed by atoms with E-state index in [2.05, 4.69) is 11.4 Å². The Kier molecular flexibility index (Phi) is 3.94. The highest BCUT2D eigenvalue weighted by atomic mass is 16.1. The summed E-state index contributed by atoms with van der Waals surface area (Å²) in [5.74, 6) is -0.114. The fourth-order valence-electron chi connectivity index (χ4n) is 1.87. The molecule has 3 nitrogen and oxygen atoms in total. The number of nitrogens with zero attached hydrogens (tertiary/aromatic N) is 1. The standard InChI is InChI=1S/C16H14N2O/c1-12-6-2-3-7-13(12)10-16(19)18-15-9-5-4-8-14(15)11-17/h2-9H,10H2,1H3,(H,18,19). The number of benzene rings is 2. The van der Waals surface area contributed by atoms with Gasteiger partial charge in [-0.15, -0.1) is 0 Å². The number of carbonyl (C=O) groups excluding carboxylic acids is 1. The molecule has 2 aromatic carbocycles. The number of rotatable bonds is 3. The molecule has 94 valence electrons. The van der Waals surface area contributed by atoms with Crippen molar-refractivity contribution in [2.75, 3.05) is 5.32 Å². The number of nitrogens with one attached hydrogen (secondary N) is 1. The van der Waals surface area contributed by atoms with E-state index in [0.717, 1.165) is 11.1 Å². The second kappa shape index (κ2) is 5.83. The van der Waals surface area contributed by atoms with Crippen molar-refractivity contribution in [2.24, 2.45) is 0 Å². The molecular formula is C16H14N2O. The Morgan fingerprint density at radius 1 is 1.16 bits per heavy atom. The maximum atomic E-state index is 12.0. The Morgan fingerprint density at radius 3 is 2.58 bits per heavy atom. The molecule has 0 fully saturated rings. The van der Waals surface area contributed by atoms with E-state index in [1.54, 1.807) is 24.3 Å². The van der Waals surface area contributed by atoms with E-state index < -0.39 is 0 Å². The summed E-state index contributed by atoms with van der Waals surface area (Å²) in [6, 6.07) is 16.8. The molecule has 1 amide bonds. The van der Waals surface area contributed by atoms with Gasteiger partial charge in [0, 0.05) is 0 Å². The molecule has 0 aromatic heterocycles. The molecule has 2 rings (SSSR count). The van der Waals surface area contributed by atoms with Crippen molar-refractivity contribution < 1.29 is 4.79 Å². The molecule has 0 atom stereocenters. The fraction of sp³-hybridized carbons (Fsp3) is 0.125. The molecule has 19 heavy (non-hydrogen) atoms. The monoisotopic (exact) mass is 250 g/mol. The van der Waals surface area contributed by atoms with Crippen LogP contribution in [0.4, 0.5) is 5.69 Å². The molecule has 0 bridgehead atoms. The average Bonchev–Trinajstić information content (AvgIpc) is 2.42. The second-order valence-corrected chi connectivity index (χ2v) is 4.31. The molecule has 2 aromatic rings. The lowest BCUT2D eigenvalue weighted by Gasteiger charge is -2.08. The zero-order valence-electron chi connectivity index (χ0n) is 10.7. The average molecular weight is 250 g/mol. The van der Waals surface area contributed by atoms with Gasteiger partial charge in [-0.2, -0.15) is 5.26 Å². The van der Waals surface area contributed by atoms with E-state index in [9.17, 15) is 4.79 Å². The van der Waals surface area contributed by atoms with Gasteiger partial charge in [-0.3, -0.25) is 4.79 Å². The van der Waals surface area contributed by atoms with Crippen LogP contribution in [-0.4, -0.2) is 5.91 Å². The first kappa shape index (κ1) is 12.8. The number of hydrogen-bond acceptors (Lipinski definition) is 2. The lowest BCUT2D eigenvalue weighted by atomic mass is 10.1. The molecule has 0 heterocycles. The maximum absolute atomic E-state index is 12.0. The Bertz CT molecular complexity index is 641. The van der Waals surface area contributed by atoms with Crippen molar-refractivity contribution in [3.8, 4) is 6.07 Å². The minimum absolute atomic E-state index is 0.114. The van der Waals surface area contributed by atoms with Crippen molar-refractivity contribution in [1.29, 1.82) is 5.26 Å². The first-order valence-corrected chi connectivity index (χ1v) is 6.04. The highest BCUT2D eigenvalue weighted by Gasteiger charge is 2.08. The van der Waals surface area contributed by atoms with Gasteiger partial charge in [0.25, 0.3) is 0 Å². The van der Waals surface area contributed by atoms with Gasteiger partial charge in [-0.25, -0.2) is 0 Å². The number of nitriles is 1. The lowest BCUT2D eigenvalue weighted by molar-refractivity contribution is -0.115. The predicted octanol–water partition coefficient (Wildman–Crippen LogP) is 3.05. The lowest BCUT2D eigenvalue weighted by Crippen LogP contribution is -2.15. The van der Waals surface area contributed by atoms with Crippen LogP contribution in [0.1, 0.15) is 16.7 Å². The van der Waals surface area contributed by atoms with E-state index in [0.29, 0.717) is 17.7 Å². The first-order valence-electron chi connectivity index (χ1n) is 6.04. The molecule has 0 unspecified atom stereocenters. The summed E-state index contributed by atoms with van der Waals surface area (Å²) in [4.78, 5) is 12.0. The van der Waals surface area contributed by atoms with Crippen LogP contribution >= 0.6 is 0 Å². The zero-order valence-corrected chi connectivity index (χ0v) is 10.7. The van der Waals surface area contributed by atoms with Gasteiger partial charge >= 0.3 is 0 Å². The van der Waals surface area contributed by atoms with Gasteiger partial charge in [0.1, 0.15) is 6.07 Å². The topological polar surface area (TPSA) is 52.9 Å². The number of amides is 1. The third kappa shape index (κ3) is 3.20. The van der Waals surface area contributed by atoms with Crippen LogP contribution in [0.3, 0.4) is 0 Å². The van der Waals surface area contributed by atoms with Crippen molar-refractivity contribution in [1.82, 2.24) is 0 Å². The molecular weight excluding hydrogens is 236 g/mol. The van der Waals surface area contributed by atoms with Crippen LogP contribution in [0.15, 0.2) is 48.5 Å². The third-order valence-corrected chi connectivity index (χ3v) is 2.93. The van der Waals surface area contributed by atoms with Gasteiger partial charge in [0.15, 0.2) is 0 Å². The van der Waals surface area contributed by atoms with Crippen molar-refractivity contribution in [3.05, 3.63) is 65.2 Å². The minimum atomic E-state index is -0.114. The van der Waals surface area contributed by atoms with Gasteiger partial charge in [-0.05, 0) is 30.2 Å². The van der Waals surface area contributed by atoms with Crippen molar-refractivity contribution in [2.45, 2.75) is 13.3 Å². The molecule has 0 aliphatic carbocycles. The number of para-hydroxylation sites is 1. The van der Waals surface area contributed by atoms with Gasteiger partial charge in [0.05, 0.1) is 17.7 Å². The Hall–Kier alpha value is -2.60. The van der Waals surface area contributed by atoms with E-state index in [4.69, 9.17) is 5.26 Å². The van der Waals surface area contributed by atoms with E-state index in [1.807, 2.05) is 31.2 Å². The normalized spacial score (nSPS) is 9.68. The second-order valence-electron chi connectivity index (χ2n) is 4.31. The predicted molar refractivity (Wildman–Crippen MR) is 74.7 cm³/mol. The van der Waals surface area contributed by atoms with E-state index in [-0.39, 0.29) is 5.91 Å². The van der Waals surface area contributed by atoms with Gasteiger partial charge in [0.2, 0.25) is 5.91 Å². The summed E-state index contributed by atoms with van der Waals surface area (Å²) in [6.45, 7) is 1.98. The van der Waals surface area contributed by atoms with E-state index in [1.165, 1.54) is 0 Å². The largest absolute Gasteiger partial charge is 0.325 e. The minimum Gasteiger partial charge on any atom is -0.325 e. The molecule has 1 N–H and O–H groups in total. The molecule has 3 heteroatoms. The summed E-state index contributed by atoms with van der Waals surface area (Å²) in [7, 11) is 0. The molecule has 0 aliphatic heterocycles. The first-order chi connectivity index (χ1) is 9.20. The van der Waals surface area contributed by atoms with Gasteiger partial charge < -0.3 is 5.32 Å². The summed E-state index contributed by atoms with van der Waals surface area (Å²) in [5, 5.41) is 11.7. The van der Waals surface area contributed by atoms with Crippen LogP contribution < -0.4 is 5.32 Å². The van der Waals surface area contributed by atoms with Crippen LogP contribution in [-0.2, 0) is 11.2 Å². The molecule has 0 saturated carbocycles. The fourth-order valence-corrected chi connectivity index (χ4v) is 1.87. The Balaban J connectivity index is 2.11. The Morgan fingerprint density at radius 2 is 1.84 bits per heavy atom. The number of aryl methyl sites for hydroxylation is 1. The molecule has 0 spiro atoms. The Labute approximate surface area is 112 Å². The highest BCUT2D eigenvalue weighted by molar-refractivity contribution is 5.93. The van der Waals surface area contributed by atoms with Crippen LogP contribution in [0.2, 0.25) is 0 Å². The molecule has 0 radical (unpaired) electrons. The smallest absolute Gasteiger partial charge is 0.228 e. The zero-order chi connectivity index (χ0) is 13.7. The van der Waals surface area contributed by atoms with Crippen LogP contribution in [0.25, 0.3) is 0 Å². The van der Waals surface area contributed by atoms with Crippen molar-refractivity contribution >= 4 is 11.6 Å². The number of carbonyl (C=O) groups is 1. The SMILES string of the molecule is Cc1ccccc1CC(=O)Nc1ccccc1C#N. The third-order valence-electron chi connectivity index (χ3n) is 2.93. The number of hydrogen-bond donors (Lipinski definition) is 1. The summed E-state index contributed by atoms with van der Waals surface area (Å²) < 4.78 is 0. The van der Waals surface area contributed by atoms with E-state index >= 15 is 0 Å². The summed E-state index contributed by atoms with van der Waals surface area (Å²) in [5.41, 5.74) is 3.12. The molecule has 0 saturated heterocycles. The summed E-state index contributed by atoms with van der Waals surface area (Å²) >= 11 is 0. The van der Waals surface area contributed by atoms with Crippen LogP contribution in [0, 0.1) is 18.3 Å². The summed E-state index contributed by atoms with van der Waals surface area (Å²) in [6.07, 6.45) is 0.312. The maximum Gasteiger partial charge on any atom is 0.228 e. The number of anilines is 1. The molecule has 0 aliphatic rings. The van der Waals surface area contributed by atoms with Crippen LogP contribution in [0.5, 0.6) is 0 Å². The highest BCUT2D eigenvalue weighted by Crippen LogP contribution is 2.15. The van der Waals surface area contributed by atoms with Gasteiger partial charge in [-0.1, -0.05) is 36.4 Å². The van der Waals surface area contributed by atoms with Crippen molar-refractivity contribution in [3.63, 3.8) is 0 Å².